The number of aromatic nitrogens is 1. The Bertz CT molecular complexity index is 962. The van der Waals surface area contributed by atoms with Crippen LogP contribution in [0.4, 0.5) is 4.39 Å². The lowest BCUT2D eigenvalue weighted by Crippen LogP contribution is -2.20. The normalized spacial score (nSPS) is 16.4. The molecule has 0 unspecified atom stereocenters. The number of halogens is 1. The summed E-state index contributed by atoms with van der Waals surface area (Å²) in [7, 11) is -3.95. The average Bonchev–Trinajstić information content (AvgIpc) is 3.26. The third-order valence-corrected chi connectivity index (χ3v) is 7.25. The molecule has 0 aliphatic heterocycles. The van der Waals surface area contributed by atoms with Gasteiger partial charge in [0.25, 0.3) is 10.0 Å². The molecular formula is C18H23FN2O2S2. The van der Waals surface area contributed by atoms with Crippen molar-refractivity contribution < 1.29 is 12.8 Å². The summed E-state index contributed by atoms with van der Waals surface area (Å²) in [5.41, 5.74) is 0.980. The standard InChI is InChI=1S/C18H23FN2O2S2/c1-12-16(18(2,3)4)24-17(21(12)11-13-8-9-13)20-25(22,23)15-7-5-6-14(19)10-15/h5-7,10,13H,8-9,11H2,1-4H3/b20-17-. The van der Waals surface area contributed by atoms with E-state index in [1.807, 2.05) is 11.5 Å². The molecule has 1 aliphatic rings. The van der Waals surface area contributed by atoms with Crippen LogP contribution in [0.2, 0.25) is 0 Å². The zero-order valence-corrected chi connectivity index (χ0v) is 16.5. The summed E-state index contributed by atoms with van der Waals surface area (Å²) in [6, 6.07) is 4.99. The summed E-state index contributed by atoms with van der Waals surface area (Å²) in [6.07, 6.45) is 2.34. The monoisotopic (exact) mass is 382 g/mol. The highest BCUT2D eigenvalue weighted by molar-refractivity contribution is 7.90. The lowest BCUT2D eigenvalue weighted by atomic mass is 9.93. The molecule has 0 saturated heterocycles. The Morgan fingerprint density at radius 3 is 2.56 bits per heavy atom. The minimum Gasteiger partial charge on any atom is -0.320 e. The number of thiazole rings is 1. The fraction of sp³-hybridized carbons (Fsp3) is 0.500. The van der Waals surface area contributed by atoms with Crippen molar-refractivity contribution in [3.63, 3.8) is 0 Å². The lowest BCUT2D eigenvalue weighted by Gasteiger charge is -2.17. The van der Waals surface area contributed by atoms with E-state index in [1.165, 1.54) is 42.4 Å². The van der Waals surface area contributed by atoms with E-state index in [-0.39, 0.29) is 10.3 Å². The van der Waals surface area contributed by atoms with Crippen molar-refractivity contribution in [3.05, 3.63) is 45.5 Å². The molecule has 0 radical (unpaired) electrons. The third kappa shape index (κ3) is 4.03. The van der Waals surface area contributed by atoms with Crippen molar-refractivity contribution >= 4 is 21.4 Å². The molecular weight excluding hydrogens is 359 g/mol. The molecule has 1 saturated carbocycles. The smallest absolute Gasteiger partial charge is 0.285 e. The molecule has 2 aromatic rings. The van der Waals surface area contributed by atoms with E-state index in [0.29, 0.717) is 10.7 Å². The average molecular weight is 383 g/mol. The Balaban J connectivity index is 2.16. The van der Waals surface area contributed by atoms with Crippen LogP contribution >= 0.6 is 11.3 Å². The maximum absolute atomic E-state index is 13.4. The maximum atomic E-state index is 13.4. The van der Waals surface area contributed by atoms with Crippen LogP contribution in [-0.4, -0.2) is 13.0 Å². The molecule has 1 heterocycles. The zero-order valence-electron chi connectivity index (χ0n) is 14.9. The van der Waals surface area contributed by atoms with Crippen molar-refractivity contribution in [2.75, 3.05) is 0 Å². The predicted octanol–water partition coefficient (Wildman–Crippen LogP) is 3.99. The number of hydrogen-bond acceptors (Lipinski definition) is 3. The van der Waals surface area contributed by atoms with Crippen LogP contribution in [-0.2, 0) is 22.0 Å². The van der Waals surface area contributed by atoms with Gasteiger partial charge in [-0.1, -0.05) is 26.8 Å². The molecule has 4 nitrogen and oxygen atoms in total. The predicted molar refractivity (Wildman–Crippen MR) is 97.6 cm³/mol. The number of hydrogen-bond donors (Lipinski definition) is 0. The highest BCUT2D eigenvalue weighted by atomic mass is 32.2. The van der Waals surface area contributed by atoms with Crippen LogP contribution in [0, 0.1) is 18.7 Å². The number of nitrogens with zero attached hydrogens (tertiary/aromatic N) is 2. The first-order chi connectivity index (χ1) is 11.6. The molecule has 136 valence electrons. The van der Waals surface area contributed by atoms with Gasteiger partial charge in [-0.05, 0) is 49.3 Å². The fourth-order valence-corrected chi connectivity index (χ4v) is 5.24. The molecule has 0 atom stereocenters. The van der Waals surface area contributed by atoms with Gasteiger partial charge >= 0.3 is 0 Å². The van der Waals surface area contributed by atoms with Gasteiger partial charge in [0.2, 0.25) is 4.80 Å². The first-order valence-electron chi connectivity index (χ1n) is 8.35. The lowest BCUT2D eigenvalue weighted by molar-refractivity contribution is 0.562. The second kappa shape index (κ2) is 6.36. The SMILES string of the molecule is Cc1c(C(C)(C)C)s/c(=N\S(=O)(=O)c2cccc(F)c2)n1CC1CC1. The minimum absolute atomic E-state index is 0.0869. The molecule has 0 amide bonds. The van der Waals surface area contributed by atoms with Gasteiger partial charge in [-0.25, -0.2) is 4.39 Å². The molecule has 0 N–H and O–H groups in total. The van der Waals surface area contributed by atoms with Crippen molar-refractivity contribution in [3.8, 4) is 0 Å². The van der Waals surface area contributed by atoms with Crippen molar-refractivity contribution in [2.24, 2.45) is 10.3 Å². The first kappa shape index (κ1) is 18.3. The molecule has 25 heavy (non-hydrogen) atoms. The fourth-order valence-electron chi connectivity index (χ4n) is 2.81. The van der Waals surface area contributed by atoms with Gasteiger partial charge in [0.15, 0.2) is 0 Å². The van der Waals surface area contributed by atoms with Gasteiger partial charge in [0, 0.05) is 17.1 Å². The van der Waals surface area contributed by atoms with Crippen LogP contribution in [0.3, 0.4) is 0 Å². The Labute approximate surface area is 152 Å². The quantitative estimate of drug-likeness (QED) is 0.803. The summed E-state index contributed by atoms with van der Waals surface area (Å²) in [6.45, 7) is 9.14. The van der Waals surface area contributed by atoms with E-state index in [2.05, 4.69) is 25.2 Å². The number of sulfonamides is 1. The largest absolute Gasteiger partial charge is 0.320 e. The molecule has 1 aromatic heterocycles. The van der Waals surface area contributed by atoms with Gasteiger partial charge < -0.3 is 4.57 Å². The van der Waals surface area contributed by atoms with Crippen LogP contribution < -0.4 is 4.80 Å². The number of rotatable bonds is 4. The van der Waals surface area contributed by atoms with Crippen LogP contribution in [0.5, 0.6) is 0 Å². The summed E-state index contributed by atoms with van der Waals surface area (Å²) in [5, 5.41) is 0. The van der Waals surface area contributed by atoms with Gasteiger partial charge in [-0.2, -0.15) is 8.42 Å². The van der Waals surface area contributed by atoms with Crippen LogP contribution in [0.1, 0.15) is 44.2 Å². The van der Waals surface area contributed by atoms with E-state index in [9.17, 15) is 12.8 Å². The Morgan fingerprint density at radius 2 is 2.00 bits per heavy atom. The molecule has 0 spiro atoms. The van der Waals surface area contributed by atoms with E-state index in [4.69, 9.17) is 0 Å². The second-order valence-electron chi connectivity index (χ2n) is 7.63. The van der Waals surface area contributed by atoms with Gasteiger partial charge in [0.1, 0.15) is 5.82 Å². The van der Waals surface area contributed by atoms with E-state index in [0.717, 1.165) is 23.2 Å². The molecule has 1 aromatic carbocycles. The third-order valence-electron chi connectivity index (χ3n) is 4.27. The van der Waals surface area contributed by atoms with Crippen LogP contribution in [0.15, 0.2) is 33.6 Å². The molecule has 0 bridgehead atoms. The van der Waals surface area contributed by atoms with Gasteiger partial charge in [-0.15, -0.1) is 15.7 Å². The summed E-state index contributed by atoms with van der Waals surface area (Å²) in [4.78, 5) is 1.48. The van der Waals surface area contributed by atoms with Crippen molar-refractivity contribution in [1.29, 1.82) is 0 Å². The van der Waals surface area contributed by atoms with Crippen LogP contribution in [0.25, 0.3) is 0 Å². The number of benzene rings is 1. The second-order valence-corrected chi connectivity index (χ2v) is 10.2. The minimum atomic E-state index is -3.95. The van der Waals surface area contributed by atoms with Gasteiger partial charge in [0.05, 0.1) is 4.90 Å². The van der Waals surface area contributed by atoms with Gasteiger partial charge in [-0.3, -0.25) is 0 Å². The van der Waals surface area contributed by atoms with E-state index >= 15 is 0 Å². The maximum Gasteiger partial charge on any atom is 0.285 e. The molecule has 7 heteroatoms. The van der Waals surface area contributed by atoms with E-state index < -0.39 is 15.8 Å². The van der Waals surface area contributed by atoms with E-state index in [1.54, 1.807) is 0 Å². The zero-order chi connectivity index (χ0) is 18.4. The topological polar surface area (TPSA) is 51.4 Å². The Morgan fingerprint density at radius 1 is 1.32 bits per heavy atom. The Kier molecular flexibility index (Phi) is 4.66. The summed E-state index contributed by atoms with van der Waals surface area (Å²) in [5.74, 6) is 0.0109. The molecule has 1 fully saturated rings. The first-order valence-corrected chi connectivity index (χ1v) is 10.6. The highest BCUT2D eigenvalue weighted by Crippen LogP contribution is 2.33. The summed E-state index contributed by atoms with van der Waals surface area (Å²) >= 11 is 1.41. The molecule has 1 aliphatic carbocycles. The highest BCUT2D eigenvalue weighted by Gasteiger charge is 2.27. The Hall–Kier alpha value is -1.47. The molecule has 3 rings (SSSR count). The van der Waals surface area contributed by atoms with Crippen molar-refractivity contribution in [1.82, 2.24) is 4.57 Å². The summed E-state index contributed by atoms with van der Waals surface area (Å²) < 4.78 is 44.8. The van der Waals surface area contributed by atoms with Crippen molar-refractivity contribution in [2.45, 2.75) is 57.4 Å².